The van der Waals surface area contributed by atoms with E-state index < -0.39 is 23.1 Å². The average molecular weight is 395 g/mol. The van der Waals surface area contributed by atoms with Gasteiger partial charge in [-0.3, -0.25) is 4.79 Å². The average Bonchev–Trinajstić information content (AvgIpc) is 2.87. The minimum Gasteiger partial charge on any atom is -0.447 e. The number of rotatable bonds is 2. The molecule has 0 saturated heterocycles. The molecule has 2 N–H and O–H groups in total. The van der Waals surface area contributed by atoms with Crippen molar-refractivity contribution in [2.75, 3.05) is 6.07 Å². The van der Waals surface area contributed by atoms with Crippen molar-refractivity contribution in [3.63, 3.8) is 0 Å². The molecule has 5 nitrogen and oxygen atoms in total. The molecule has 0 aromatic carbocycles. The fourth-order valence-corrected chi connectivity index (χ4v) is 6.93. The number of fused-ring (bicyclic) bond motifs is 5. The van der Waals surface area contributed by atoms with Gasteiger partial charge in [0.1, 0.15) is 0 Å². The summed E-state index contributed by atoms with van der Waals surface area (Å²) in [7, 11) is 0. The summed E-state index contributed by atoms with van der Waals surface area (Å²) in [6, 6.07) is -0.290. The SMILES string of the molecule is CC12C=CC(=O)C=C1CCC1C2C(O)CC2(C)C1CCC2(O)C(=O)OCCl. The number of halogens is 1. The molecule has 0 bridgehead atoms. The molecule has 27 heavy (non-hydrogen) atoms. The van der Waals surface area contributed by atoms with Crippen molar-refractivity contribution in [3.8, 4) is 0 Å². The fraction of sp³-hybridized carbons (Fsp3) is 0.714. The van der Waals surface area contributed by atoms with Gasteiger partial charge in [0.2, 0.25) is 0 Å². The van der Waals surface area contributed by atoms with Crippen molar-refractivity contribution in [1.82, 2.24) is 0 Å². The lowest BCUT2D eigenvalue weighted by molar-refractivity contribution is -0.195. The molecule has 0 aliphatic heterocycles. The zero-order valence-electron chi connectivity index (χ0n) is 15.8. The summed E-state index contributed by atoms with van der Waals surface area (Å²) < 4.78 is 4.97. The first-order valence-corrected chi connectivity index (χ1v) is 10.3. The molecular weight excluding hydrogens is 368 g/mol. The number of hydrogen-bond acceptors (Lipinski definition) is 5. The third kappa shape index (κ3) is 2.44. The standard InChI is InChI=1S/C21H27ClO5/c1-19-7-5-13(23)9-12(19)3-4-14-15-6-8-21(26,18(25)27-11-22)20(15,2)10-16(24)17(14)19/h5,7,9,14-17,24,26H,3-4,6,8,10-11H2,1-2H3. The molecule has 4 aliphatic carbocycles. The van der Waals surface area contributed by atoms with Gasteiger partial charge < -0.3 is 14.9 Å². The Bertz CT molecular complexity index is 745. The first-order valence-electron chi connectivity index (χ1n) is 9.75. The van der Waals surface area contributed by atoms with Gasteiger partial charge in [0.25, 0.3) is 0 Å². The highest BCUT2D eigenvalue weighted by Gasteiger charge is 2.68. The van der Waals surface area contributed by atoms with Crippen LogP contribution in [0.15, 0.2) is 23.8 Å². The normalized spacial score (nSPS) is 48.3. The van der Waals surface area contributed by atoms with Gasteiger partial charge in [-0.2, -0.15) is 0 Å². The molecule has 3 fully saturated rings. The maximum Gasteiger partial charge on any atom is 0.339 e. The molecule has 7 unspecified atom stereocenters. The van der Waals surface area contributed by atoms with E-state index in [9.17, 15) is 19.8 Å². The predicted octanol–water partition coefficient (Wildman–Crippen LogP) is 2.74. The first-order chi connectivity index (χ1) is 12.7. The molecule has 0 heterocycles. The van der Waals surface area contributed by atoms with Crippen LogP contribution in [0.2, 0.25) is 0 Å². The van der Waals surface area contributed by atoms with E-state index >= 15 is 0 Å². The van der Waals surface area contributed by atoms with Gasteiger partial charge in [-0.1, -0.05) is 37.1 Å². The van der Waals surface area contributed by atoms with Crippen LogP contribution in [0.25, 0.3) is 0 Å². The molecule has 148 valence electrons. The Morgan fingerprint density at radius 2 is 2.11 bits per heavy atom. The van der Waals surface area contributed by atoms with E-state index in [2.05, 4.69) is 6.92 Å². The Morgan fingerprint density at radius 1 is 1.37 bits per heavy atom. The highest BCUT2D eigenvalue weighted by atomic mass is 35.5. The second kappa shape index (κ2) is 6.16. The molecule has 0 aromatic heterocycles. The quantitative estimate of drug-likeness (QED) is 0.555. The number of allylic oxidation sites excluding steroid dienone is 4. The summed E-state index contributed by atoms with van der Waals surface area (Å²) in [5.74, 6) is -0.403. The van der Waals surface area contributed by atoms with Crippen LogP contribution in [0.5, 0.6) is 0 Å². The van der Waals surface area contributed by atoms with Gasteiger partial charge in [0.05, 0.1) is 6.10 Å². The molecule has 3 saturated carbocycles. The van der Waals surface area contributed by atoms with Crippen molar-refractivity contribution in [1.29, 1.82) is 0 Å². The topological polar surface area (TPSA) is 83.8 Å². The van der Waals surface area contributed by atoms with Crippen LogP contribution in [0.4, 0.5) is 0 Å². The van der Waals surface area contributed by atoms with Gasteiger partial charge in [-0.05, 0) is 56.1 Å². The maximum atomic E-state index is 12.5. The number of esters is 1. The van der Waals surface area contributed by atoms with Crippen molar-refractivity contribution in [2.24, 2.45) is 28.6 Å². The molecule has 0 aromatic rings. The van der Waals surface area contributed by atoms with Crippen LogP contribution in [0.1, 0.15) is 46.0 Å². The van der Waals surface area contributed by atoms with Crippen molar-refractivity contribution >= 4 is 23.4 Å². The molecule has 4 aliphatic rings. The zero-order chi connectivity index (χ0) is 19.6. The Labute approximate surface area is 164 Å². The lowest BCUT2D eigenvalue weighted by Crippen LogP contribution is -2.61. The van der Waals surface area contributed by atoms with E-state index in [4.69, 9.17) is 16.3 Å². The van der Waals surface area contributed by atoms with Crippen molar-refractivity contribution in [2.45, 2.75) is 57.7 Å². The Hall–Kier alpha value is -1.17. The highest BCUT2D eigenvalue weighted by molar-refractivity contribution is 6.17. The lowest BCUT2D eigenvalue weighted by atomic mass is 9.46. The number of aliphatic hydroxyl groups is 2. The fourth-order valence-electron chi connectivity index (χ4n) is 6.83. The number of carbonyl (C=O) groups excluding carboxylic acids is 2. The smallest absolute Gasteiger partial charge is 0.339 e. The summed E-state index contributed by atoms with van der Waals surface area (Å²) in [6.07, 6.45) is 7.64. The van der Waals surface area contributed by atoms with Gasteiger partial charge in [0.15, 0.2) is 17.5 Å². The van der Waals surface area contributed by atoms with Crippen LogP contribution in [-0.4, -0.2) is 39.7 Å². The number of carbonyl (C=O) groups is 2. The van der Waals surface area contributed by atoms with E-state index in [0.717, 1.165) is 24.8 Å². The number of aliphatic hydroxyl groups excluding tert-OH is 1. The molecule has 4 rings (SSSR count). The Morgan fingerprint density at radius 3 is 2.81 bits per heavy atom. The lowest BCUT2D eigenvalue weighted by Gasteiger charge is -2.59. The zero-order valence-corrected chi connectivity index (χ0v) is 16.5. The molecule has 6 heteroatoms. The van der Waals surface area contributed by atoms with E-state index in [1.807, 2.05) is 13.0 Å². The van der Waals surface area contributed by atoms with Crippen LogP contribution < -0.4 is 0 Å². The van der Waals surface area contributed by atoms with E-state index in [0.29, 0.717) is 12.8 Å². The second-order valence-corrected chi connectivity index (χ2v) is 9.37. The summed E-state index contributed by atoms with van der Waals surface area (Å²) in [5, 5.41) is 22.5. The summed E-state index contributed by atoms with van der Waals surface area (Å²) in [4.78, 5) is 24.4. The molecular formula is C21H27ClO5. The van der Waals surface area contributed by atoms with E-state index in [1.54, 1.807) is 12.2 Å². The third-order valence-electron chi connectivity index (χ3n) is 8.17. The molecule has 0 spiro atoms. The predicted molar refractivity (Wildman–Crippen MR) is 99.8 cm³/mol. The van der Waals surface area contributed by atoms with Gasteiger partial charge in [-0.15, -0.1) is 0 Å². The summed E-state index contributed by atoms with van der Waals surface area (Å²) in [5.41, 5.74) is -1.63. The summed E-state index contributed by atoms with van der Waals surface area (Å²) in [6.45, 7) is 4.01. The monoisotopic (exact) mass is 394 g/mol. The van der Waals surface area contributed by atoms with Gasteiger partial charge >= 0.3 is 5.97 Å². The minimum atomic E-state index is -1.62. The molecule has 0 amide bonds. The van der Waals surface area contributed by atoms with Crippen molar-refractivity contribution < 1.29 is 24.5 Å². The van der Waals surface area contributed by atoms with Gasteiger partial charge in [0, 0.05) is 16.7 Å². The summed E-state index contributed by atoms with van der Waals surface area (Å²) >= 11 is 5.56. The minimum absolute atomic E-state index is 0.00937. The number of ketones is 1. The number of ether oxygens (including phenoxy) is 1. The van der Waals surface area contributed by atoms with Crippen LogP contribution in [0, 0.1) is 28.6 Å². The maximum absolute atomic E-state index is 12.5. The van der Waals surface area contributed by atoms with Crippen LogP contribution >= 0.6 is 11.6 Å². The molecule has 0 radical (unpaired) electrons. The van der Waals surface area contributed by atoms with Crippen LogP contribution in [0.3, 0.4) is 0 Å². The largest absolute Gasteiger partial charge is 0.447 e. The highest BCUT2D eigenvalue weighted by Crippen LogP contribution is 2.67. The Balaban J connectivity index is 1.72. The third-order valence-corrected chi connectivity index (χ3v) is 8.28. The molecule has 7 atom stereocenters. The van der Waals surface area contributed by atoms with Gasteiger partial charge in [-0.25, -0.2) is 4.79 Å². The van der Waals surface area contributed by atoms with E-state index in [1.165, 1.54) is 0 Å². The Kier molecular flexibility index (Phi) is 4.37. The second-order valence-electron chi connectivity index (χ2n) is 9.15. The number of alkyl halides is 1. The van der Waals surface area contributed by atoms with Crippen LogP contribution in [-0.2, 0) is 14.3 Å². The number of hydrogen-bond donors (Lipinski definition) is 2. The van der Waals surface area contributed by atoms with E-state index in [-0.39, 0.29) is 35.0 Å². The van der Waals surface area contributed by atoms with Crippen molar-refractivity contribution in [3.05, 3.63) is 23.8 Å². The first kappa shape index (κ1) is 19.2.